The van der Waals surface area contributed by atoms with E-state index in [0.29, 0.717) is 11.3 Å². The summed E-state index contributed by atoms with van der Waals surface area (Å²) in [4.78, 5) is 29.1. The lowest BCUT2D eigenvalue weighted by Crippen LogP contribution is -2.29. The largest absolute Gasteiger partial charge is 0.508 e. The van der Waals surface area contributed by atoms with Gasteiger partial charge in [-0.3, -0.25) is 14.6 Å². The number of benzene rings is 1. The molecule has 2 aromatic rings. The number of carbonyl (C=O) groups is 2. The summed E-state index contributed by atoms with van der Waals surface area (Å²) in [5.74, 6) is -0.761. The van der Waals surface area contributed by atoms with Crippen molar-refractivity contribution in [3.8, 4) is 5.75 Å². The molecule has 0 saturated heterocycles. The van der Waals surface area contributed by atoms with Crippen LogP contribution in [0.1, 0.15) is 20.8 Å². The fourth-order valence-electron chi connectivity index (χ4n) is 1.90. The fourth-order valence-corrected chi connectivity index (χ4v) is 1.90. The first-order valence-electron chi connectivity index (χ1n) is 5.31. The summed E-state index contributed by atoms with van der Waals surface area (Å²) in [7, 11) is 0. The minimum absolute atomic E-state index is 0.0773. The van der Waals surface area contributed by atoms with Gasteiger partial charge in [0.05, 0.1) is 11.3 Å². The molecule has 1 aliphatic heterocycles. The minimum Gasteiger partial charge on any atom is -0.508 e. The number of nitrogens with zero attached hydrogens (tertiary/aromatic N) is 2. The Morgan fingerprint density at radius 3 is 2.39 bits per heavy atom. The molecule has 1 aromatic carbocycles. The quantitative estimate of drug-likeness (QED) is 0.768. The van der Waals surface area contributed by atoms with Gasteiger partial charge in [-0.05, 0) is 36.4 Å². The maximum absolute atomic E-state index is 12.1. The number of anilines is 1. The maximum Gasteiger partial charge on any atom is 0.284 e. The van der Waals surface area contributed by atoms with Crippen LogP contribution in [0.5, 0.6) is 5.75 Å². The highest BCUT2D eigenvalue weighted by Crippen LogP contribution is 2.27. The normalized spacial score (nSPS) is 13.9. The Bertz CT molecular complexity index is 615. The van der Waals surface area contributed by atoms with Crippen molar-refractivity contribution >= 4 is 17.5 Å². The highest BCUT2D eigenvalue weighted by atomic mass is 16.3. The lowest BCUT2D eigenvalue weighted by atomic mass is 10.2. The fraction of sp³-hybridized carbons (Fsp3) is 0. The van der Waals surface area contributed by atoms with Crippen LogP contribution >= 0.6 is 0 Å². The molecule has 18 heavy (non-hydrogen) atoms. The van der Waals surface area contributed by atoms with E-state index in [9.17, 15) is 14.7 Å². The van der Waals surface area contributed by atoms with Gasteiger partial charge in [-0.2, -0.15) is 0 Å². The molecule has 0 radical (unpaired) electrons. The first-order valence-corrected chi connectivity index (χ1v) is 5.31. The van der Waals surface area contributed by atoms with Crippen molar-refractivity contribution in [2.75, 3.05) is 4.90 Å². The first-order chi connectivity index (χ1) is 8.68. The average Bonchev–Trinajstić information content (AvgIpc) is 2.64. The number of phenols is 1. The number of aromatic hydroxyl groups is 1. The van der Waals surface area contributed by atoms with E-state index in [-0.39, 0.29) is 11.4 Å². The van der Waals surface area contributed by atoms with Crippen molar-refractivity contribution in [1.29, 1.82) is 0 Å². The molecular weight excluding hydrogens is 232 g/mol. The molecule has 0 spiro atoms. The van der Waals surface area contributed by atoms with Crippen LogP contribution in [0.25, 0.3) is 0 Å². The van der Waals surface area contributed by atoms with E-state index in [1.54, 1.807) is 12.1 Å². The van der Waals surface area contributed by atoms with Crippen LogP contribution in [0.3, 0.4) is 0 Å². The topological polar surface area (TPSA) is 70.5 Å². The summed E-state index contributed by atoms with van der Waals surface area (Å²) in [6, 6.07) is 9.06. The number of imide groups is 1. The summed E-state index contributed by atoms with van der Waals surface area (Å²) in [5.41, 5.74) is 0.881. The number of hydrogen-bond acceptors (Lipinski definition) is 4. The summed E-state index contributed by atoms with van der Waals surface area (Å²) in [5, 5.41) is 9.20. The number of phenolic OH excluding ortho intramolecular Hbond substituents is 1. The van der Waals surface area contributed by atoms with Gasteiger partial charge >= 0.3 is 0 Å². The van der Waals surface area contributed by atoms with Crippen molar-refractivity contribution in [3.05, 3.63) is 53.9 Å². The molecule has 88 valence electrons. The molecule has 1 aromatic heterocycles. The molecule has 0 saturated carbocycles. The third-order valence-corrected chi connectivity index (χ3v) is 2.75. The predicted molar refractivity (Wildman–Crippen MR) is 63.5 cm³/mol. The molecule has 0 unspecified atom stereocenters. The molecule has 1 aliphatic rings. The van der Waals surface area contributed by atoms with E-state index >= 15 is 0 Å². The third-order valence-electron chi connectivity index (χ3n) is 2.75. The minimum atomic E-state index is -0.443. The van der Waals surface area contributed by atoms with Crippen LogP contribution in [-0.4, -0.2) is 21.9 Å². The highest BCUT2D eigenvalue weighted by Gasteiger charge is 2.37. The van der Waals surface area contributed by atoms with Gasteiger partial charge in [-0.1, -0.05) is 0 Å². The van der Waals surface area contributed by atoms with Gasteiger partial charge < -0.3 is 5.11 Å². The Labute approximate surface area is 102 Å². The van der Waals surface area contributed by atoms with Gasteiger partial charge in [0, 0.05) is 6.20 Å². The Morgan fingerprint density at radius 2 is 1.72 bits per heavy atom. The lowest BCUT2D eigenvalue weighted by Gasteiger charge is -2.13. The molecule has 0 atom stereocenters. The number of aromatic nitrogens is 1. The molecular formula is C13H8N2O3. The SMILES string of the molecule is O=C1c2cccnc2C(=O)N1c1ccc(O)cc1. The van der Waals surface area contributed by atoms with Crippen molar-refractivity contribution in [2.45, 2.75) is 0 Å². The third kappa shape index (κ3) is 1.37. The summed E-state index contributed by atoms with van der Waals surface area (Å²) in [6.45, 7) is 0. The van der Waals surface area contributed by atoms with Gasteiger partial charge in [0.25, 0.3) is 11.8 Å². The second-order valence-electron chi connectivity index (χ2n) is 3.86. The Balaban J connectivity index is 2.09. The van der Waals surface area contributed by atoms with E-state index in [2.05, 4.69) is 4.98 Å². The summed E-state index contributed by atoms with van der Waals surface area (Å²) >= 11 is 0. The van der Waals surface area contributed by atoms with Gasteiger partial charge in [-0.15, -0.1) is 0 Å². The van der Waals surface area contributed by atoms with E-state index in [1.807, 2.05) is 0 Å². The number of carbonyl (C=O) groups excluding carboxylic acids is 2. The number of fused-ring (bicyclic) bond motifs is 1. The van der Waals surface area contributed by atoms with Crippen LogP contribution in [0.2, 0.25) is 0 Å². The second kappa shape index (κ2) is 3.66. The van der Waals surface area contributed by atoms with Crippen molar-refractivity contribution < 1.29 is 14.7 Å². The number of rotatable bonds is 1. The van der Waals surface area contributed by atoms with Crippen molar-refractivity contribution in [1.82, 2.24) is 4.98 Å². The Kier molecular flexibility index (Phi) is 2.13. The number of pyridine rings is 1. The Hall–Kier alpha value is -2.69. The average molecular weight is 240 g/mol. The lowest BCUT2D eigenvalue weighted by molar-refractivity contribution is 0.0924. The zero-order chi connectivity index (χ0) is 12.7. The first kappa shape index (κ1) is 10.5. The predicted octanol–water partition coefficient (Wildman–Crippen LogP) is 1.59. The molecule has 1 N–H and O–H groups in total. The van der Waals surface area contributed by atoms with E-state index in [4.69, 9.17) is 0 Å². The number of amides is 2. The van der Waals surface area contributed by atoms with Crippen LogP contribution in [0, 0.1) is 0 Å². The zero-order valence-electron chi connectivity index (χ0n) is 9.20. The van der Waals surface area contributed by atoms with Crippen LogP contribution in [0.4, 0.5) is 5.69 Å². The highest BCUT2D eigenvalue weighted by molar-refractivity contribution is 6.33. The van der Waals surface area contributed by atoms with E-state index in [0.717, 1.165) is 4.90 Å². The Morgan fingerprint density at radius 1 is 1.00 bits per heavy atom. The monoisotopic (exact) mass is 240 g/mol. The van der Waals surface area contributed by atoms with E-state index in [1.165, 1.54) is 30.5 Å². The standard InChI is InChI=1S/C13H8N2O3/c16-9-5-3-8(4-6-9)15-12(17)10-2-1-7-14-11(10)13(15)18/h1-7,16H. The van der Waals surface area contributed by atoms with Gasteiger partial charge in [-0.25, -0.2) is 4.90 Å². The maximum atomic E-state index is 12.1. The molecule has 3 rings (SSSR count). The van der Waals surface area contributed by atoms with E-state index < -0.39 is 11.8 Å². The molecule has 2 heterocycles. The molecule has 0 fully saturated rings. The number of hydrogen-bond donors (Lipinski definition) is 1. The van der Waals surface area contributed by atoms with Crippen LogP contribution < -0.4 is 4.90 Å². The smallest absolute Gasteiger partial charge is 0.284 e. The second-order valence-corrected chi connectivity index (χ2v) is 3.86. The summed E-state index contributed by atoms with van der Waals surface area (Å²) in [6.07, 6.45) is 1.48. The van der Waals surface area contributed by atoms with Crippen LogP contribution in [-0.2, 0) is 0 Å². The molecule has 0 aliphatic carbocycles. The van der Waals surface area contributed by atoms with Gasteiger partial charge in [0.15, 0.2) is 0 Å². The molecule has 0 bridgehead atoms. The molecule has 2 amide bonds. The zero-order valence-corrected chi connectivity index (χ0v) is 9.20. The summed E-state index contributed by atoms with van der Waals surface area (Å²) < 4.78 is 0. The molecule has 5 heteroatoms. The van der Waals surface area contributed by atoms with Crippen molar-refractivity contribution in [2.24, 2.45) is 0 Å². The molecule has 5 nitrogen and oxygen atoms in total. The van der Waals surface area contributed by atoms with Gasteiger partial charge in [0.1, 0.15) is 11.4 Å². The van der Waals surface area contributed by atoms with Crippen molar-refractivity contribution in [3.63, 3.8) is 0 Å². The van der Waals surface area contributed by atoms with Crippen LogP contribution in [0.15, 0.2) is 42.6 Å². The van der Waals surface area contributed by atoms with Gasteiger partial charge in [0.2, 0.25) is 0 Å².